The van der Waals surface area contributed by atoms with E-state index in [1.165, 1.54) is 15.4 Å². The number of nitrogens with zero attached hydrogens (tertiary/aromatic N) is 3. The van der Waals surface area contributed by atoms with E-state index in [0.717, 1.165) is 51.3 Å². The van der Waals surface area contributed by atoms with Crippen LogP contribution in [-0.4, -0.2) is 38.9 Å². The Hall–Kier alpha value is -1.70. The van der Waals surface area contributed by atoms with Gasteiger partial charge in [0.1, 0.15) is 0 Å². The van der Waals surface area contributed by atoms with Crippen LogP contribution in [0.3, 0.4) is 0 Å². The second-order valence-electron chi connectivity index (χ2n) is 6.76. The molecule has 0 aromatic carbocycles. The van der Waals surface area contributed by atoms with Crippen molar-refractivity contribution < 1.29 is 14.6 Å². The Kier molecular flexibility index (Phi) is 4.87. The smallest absolute Gasteiger partial charge is 0.303 e. The molecule has 0 amide bonds. The van der Waals surface area contributed by atoms with Crippen LogP contribution in [-0.2, 0) is 35.6 Å². The molecule has 1 N–H and O–H groups in total. The van der Waals surface area contributed by atoms with Gasteiger partial charge in [-0.15, -0.1) is 11.3 Å². The fourth-order valence-electron chi connectivity index (χ4n) is 3.55. The number of ether oxygens (including phenoxy) is 1. The molecule has 4 heterocycles. The number of hydrogen-bond acceptors (Lipinski definition) is 5. The van der Waals surface area contributed by atoms with Crippen LogP contribution in [0.1, 0.15) is 46.5 Å². The Morgan fingerprint density at radius 2 is 2.32 bits per heavy atom. The van der Waals surface area contributed by atoms with E-state index < -0.39 is 5.97 Å². The molecule has 2 aromatic heterocycles. The van der Waals surface area contributed by atoms with Gasteiger partial charge < -0.3 is 9.84 Å². The lowest BCUT2D eigenvalue weighted by Gasteiger charge is -2.26. The number of carboxylic acid groups (broad SMARTS) is 1. The van der Waals surface area contributed by atoms with Crippen LogP contribution in [0.15, 0.2) is 18.2 Å². The zero-order valence-electron chi connectivity index (χ0n) is 14.2. The minimum atomic E-state index is -0.771. The molecular formula is C18H23N3O3S. The third-order valence-electron chi connectivity index (χ3n) is 4.83. The Labute approximate surface area is 151 Å². The van der Waals surface area contributed by atoms with Crippen molar-refractivity contribution in [3.8, 4) is 0 Å². The van der Waals surface area contributed by atoms with Gasteiger partial charge in [-0.1, -0.05) is 0 Å². The van der Waals surface area contributed by atoms with Crippen LogP contribution < -0.4 is 0 Å². The zero-order chi connectivity index (χ0) is 17.2. The SMILES string of the molecule is O=C(O)CCc1cc2n(n1)CCN(Cc1ccc([C@@H]3CCCO3)s1)C2. The summed E-state index contributed by atoms with van der Waals surface area (Å²) < 4.78 is 7.80. The van der Waals surface area contributed by atoms with Crippen LogP contribution in [0.2, 0.25) is 0 Å². The molecule has 1 fully saturated rings. The van der Waals surface area contributed by atoms with E-state index in [2.05, 4.69) is 28.2 Å². The summed E-state index contributed by atoms with van der Waals surface area (Å²) in [4.78, 5) is 15.9. The molecule has 25 heavy (non-hydrogen) atoms. The Morgan fingerprint density at radius 3 is 3.12 bits per heavy atom. The summed E-state index contributed by atoms with van der Waals surface area (Å²) in [5.74, 6) is -0.771. The number of carboxylic acids is 1. The summed E-state index contributed by atoms with van der Waals surface area (Å²) in [6.07, 6.45) is 3.25. The second-order valence-corrected chi connectivity index (χ2v) is 7.96. The van der Waals surface area contributed by atoms with Crippen molar-refractivity contribution in [2.75, 3.05) is 13.2 Å². The minimum absolute atomic E-state index is 0.140. The molecule has 0 bridgehead atoms. The molecule has 7 heteroatoms. The highest BCUT2D eigenvalue weighted by molar-refractivity contribution is 7.12. The Bertz CT molecular complexity index is 749. The minimum Gasteiger partial charge on any atom is -0.481 e. The van der Waals surface area contributed by atoms with Crippen molar-refractivity contribution in [2.24, 2.45) is 0 Å². The molecule has 1 atom stereocenters. The summed E-state index contributed by atoms with van der Waals surface area (Å²) in [5.41, 5.74) is 2.07. The van der Waals surface area contributed by atoms with Gasteiger partial charge in [-0.2, -0.15) is 5.10 Å². The predicted molar refractivity (Wildman–Crippen MR) is 94.5 cm³/mol. The van der Waals surface area contributed by atoms with E-state index in [0.29, 0.717) is 12.5 Å². The first-order chi connectivity index (χ1) is 12.2. The summed E-state index contributed by atoms with van der Waals surface area (Å²) in [6, 6.07) is 6.50. The first-order valence-corrected chi connectivity index (χ1v) is 9.69. The van der Waals surface area contributed by atoms with E-state index in [4.69, 9.17) is 9.84 Å². The molecule has 2 aliphatic rings. The van der Waals surface area contributed by atoms with Gasteiger partial charge in [0, 0.05) is 42.4 Å². The zero-order valence-corrected chi connectivity index (χ0v) is 15.0. The number of rotatable bonds is 6. The topological polar surface area (TPSA) is 67.6 Å². The van der Waals surface area contributed by atoms with Crippen LogP contribution in [0.4, 0.5) is 0 Å². The lowest BCUT2D eigenvalue weighted by molar-refractivity contribution is -0.136. The largest absolute Gasteiger partial charge is 0.481 e. The van der Waals surface area contributed by atoms with Gasteiger partial charge in [0.2, 0.25) is 0 Å². The number of aromatic nitrogens is 2. The highest BCUT2D eigenvalue weighted by Gasteiger charge is 2.22. The first-order valence-electron chi connectivity index (χ1n) is 8.87. The maximum atomic E-state index is 10.7. The average Bonchev–Trinajstić information content (AvgIpc) is 3.32. The van der Waals surface area contributed by atoms with E-state index in [9.17, 15) is 4.79 Å². The van der Waals surface area contributed by atoms with E-state index in [-0.39, 0.29) is 6.42 Å². The molecular weight excluding hydrogens is 338 g/mol. The average molecular weight is 361 g/mol. The quantitative estimate of drug-likeness (QED) is 0.857. The molecule has 4 rings (SSSR count). The van der Waals surface area contributed by atoms with Gasteiger partial charge in [-0.25, -0.2) is 0 Å². The molecule has 0 radical (unpaired) electrons. The van der Waals surface area contributed by atoms with Gasteiger partial charge >= 0.3 is 5.97 Å². The summed E-state index contributed by atoms with van der Waals surface area (Å²) in [7, 11) is 0. The second kappa shape index (κ2) is 7.27. The third-order valence-corrected chi connectivity index (χ3v) is 5.99. The monoisotopic (exact) mass is 361 g/mol. The number of carbonyl (C=O) groups is 1. The molecule has 0 spiro atoms. The number of aryl methyl sites for hydroxylation is 1. The fraction of sp³-hybridized carbons (Fsp3) is 0.556. The fourth-order valence-corrected chi connectivity index (χ4v) is 4.69. The van der Waals surface area contributed by atoms with Crippen molar-refractivity contribution in [1.29, 1.82) is 0 Å². The predicted octanol–water partition coefficient (Wildman–Crippen LogP) is 2.83. The number of thiophene rings is 1. The van der Waals surface area contributed by atoms with Gasteiger partial charge in [0.05, 0.1) is 30.5 Å². The van der Waals surface area contributed by atoms with E-state index in [1.807, 2.05) is 16.0 Å². The highest BCUT2D eigenvalue weighted by Crippen LogP contribution is 2.34. The molecule has 0 aliphatic carbocycles. The number of fused-ring (bicyclic) bond motifs is 1. The molecule has 6 nitrogen and oxygen atoms in total. The van der Waals surface area contributed by atoms with Crippen LogP contribution in [0.25, 0.3) is 0 Å². The first kappa shape index (κ1) is 16.8. The van der Waals surface area contributed by atoms with E-state index in [1.54, 1.807) is 0 Å². The van der Waals surface area contributed by atoms with Crippen molar-refractivity contribution in [3.05, 3.63) is 39.3 Å². The third kappa shape index (κ3) is 3.94. The van der Waals surface area contributed by atoms with Crippen molar-refractivity contribution in [2.45, 2.75) is 51.4 Å². The molecule has 1 saturated heterocycles. The van der Waals surface area contributed by atoms with Crippen molar-refractivity contribution in [3.63, 3.8) is 0 Å². The van der Waals surface area contributed by atoms with Crippen molar-refractivity contribution >= 4 is 17.3 Å². The van der Waals surface area contributed by atoms with E-state index >= 15 is 0 Å². The summed E-state index contributed by atoms with van der Waals surface area (Å²) >= 11 is 1.87. The molecule has 2 aromatic rings. The van der Waals surface area contributed by atoms with Crippen molar-refractivity contribution in [1.82, 2.24) is 14.7 Å². The lowest BCUT2D eigenvalue weighted by Crippen LogP contribution is -2.33. The van der Waals surface area contributed by atoms with Gasteiger partial charge in [-0.3, -0.25) is 14.4 Å². The molecule has 134 valence electrons. The Morgan fingerprint density at radius 1 is 1.40 bits per heavy atom. The number of hydrogen-bond donors (Lipinski definition) is 1. The van der Waals surface area contributed by atoms with Crippen LogP contribution >= 0.6 is 11.3 Å². The molecule has 2 aliphatic heterocycles. The molecule has 0 saturated carbocycles. The van der Waals surface area contributed by atoms with Gasteiger partial charge in [0.25, 0.3) is 0 Å². The lowest BCUT2D eigenvalue weighted by atomic mass is 10.2. The maximum Gasteiger partial charge on any atom is 0.303 e. The summed E-state index contributed by atoms with van der Waals surface area (Å²) in [6.45, 7) is 4.55. The normalized spacial score (nSPS) is 20.7. The van der Waals surface area contributed by atoms with Crippen LogP contribution in [0.5, 0.6) is 0 Å². The van der Waals surface area contributed by atoms with Crippen LogP contribution in [0, 0.1) is 0 Å². The Balaban J connectivity index is 1.36. The molecule has 0 unspecified atom stereocenters. The summed E-state index contributed by atoms with van der Waals surface area (Å²) in [5, 5.41) is 13.3. The maximum absolute atomic E-state index is 10.7. The standard InChI is InChI=1S/C18H23N3O3S/c22-18(23)6-3-13-10-14-11-20(7-8-21(14)19-13)12-15-4-5-17(25-15)16-2-1-9-24-16/h4-5,10,16H,1-3,6-9,11-12H2,(H,22,23)/t16-/m0/s1. The highest BCUT2D eigenvalue weighted by atomic mass is 32.1. The number of aliphatic carboxylic acids is 1. The van der Waals surface area contributed by atoms with Gasteiger partial charge in [-0.05, 0) is 31.0 Å². The van der Waals surface area contributed by atoms with Gasteiger partial charge in [0.15, 0.2) is 0 Å².